The third-order valence-corrected chi connectivity index (χ3v) is 3.72. The quantitative estimate of drug-likeness (QED) is 0.852. The Kier molecular flexibility index (Phi) is 4.58. The molecule has 5 nitrogen and oxygen atoms in total. The van der Waals surface area contributed by atoms with Crippen molar-refractivity contribution in [2.45, 2.75) is 39.7 Å². The van der Waals surface area contributed by atoms with Crippen molar-refractivity contribution in [1.29, 1.82) is 0 Å². The van der Waals surface area contributed by atoms with Gasteiger partial charge >= 0.3 is 0 Å². The molecule has 0 radical (unpaired) electrons. The van der Waals surface area contributed by atoms with Crippen molar-refractivity contribution in [2.75, 3.05) is 25.0 Å². The molecule has 1 aromatic rings. The summed E-state index contributed by atoms with van der Waals surface area (Å²) < 4.78 is 5.35. The van der Waals surface area contributed by atoms with E-state index in [4.69, 9.17) is 4.74 Å². The van der Waals surface area contributed by atoms with Gasteiger partial charge < -0.3 is 15.4 Å². The minimum atomic E-state index is 0.316. The van der Waals surface area contributed by atoms with E-state index in [1.54, 1.807) is 12.4 Å². The monoisotopic (exact) mass is 264 g/mol. The first-order valence-corrected chi connectivity index (χ1v) is 7.04. The van der Waals surface area contributed by atoms with Gasteiger partial charge in [-0.15, -0.1) is 0 Å². The van der Waals surface area contributed by atoms with E-state index >= 15 is 0 Å². The zero-order valence-corrected chi connectivity index (χ0v) is 12.1. The molecule has 2 N–H and O–H groups in total. The topological polar surface area (TPSA) is 59.1 Å². The summed E-state index contributed by atoms with van der Waals surface area (Å²) in [5, 5.41) is 6.93. The van der Waals surface area contributed by atoms with E-state index in [0.717, 1.165) is 18.9 Å². The van der Waals surface area contributed by atoms with Crippen molar-refractivity contribution >= 4 is 5.82 Å². The van der Waals surface area contributed by atoms with Gasteiger partial charge in [0.15, 0.2) is 0 Å². The highest BCUT2D eigenvalue weighted by atomic mass is 16.5. The lowest BCUT2D eigenvalue weighted by molar-refractivity contribution is 0.188. The van der Waals surface area contributed by atoms with Crippen molar-refractivity contribution < 1.29 is 4.74 Å². The van der Waals surface area contributed by atoms with Crippen LogP contribution in [0, 0.1) is 5.41 Å². The highest BCUT2D eigenvalue weighted by Gasteiger charge is 2.31. The van der Waals surface area contributed by atoms with Gasteiger partial charge in [-0.1, -0.05) is 13.8 Å². The van der Waals surface area contributed by atoms with Gasteiger partial charge in [0.05, 0.1) is 19.0 Å². The van der Waals surface area contributed by atoms with Crippen LogP contribution >= 0.6 is 0 Å². The van der Waals surface area contributed by atoms with Crippen LogP contribution in [0.5, 0.6) is 5.88 Å². The van der Waals surface area contributed by atoms with Crippen molar-refractivity contribution in [2.24, 2.45) is 5.41 Å². The Morgan fingerprint density at radius 2 is 2.32 bits per heavy atom. The number of rotatable bonds is 5. The number of hydrogen-bond donors (Lipinski definition) is 2. The van der Waals surface area contributed by atoms with Gasteiger partial charge in [0.2, 0.25) is 5.88 Å². The molecule has 19 heavy (non-hydrogen) atoms. The van der Waals surface area contributed by atoms with Crippen molar-refractivity contribution in [1.82, 2.24) is 15.3 Å². The lowest BCUT2D eigenvalue weighted by atomic mass is 9.77. The molecule has 1 fully saturated rings. The fourth-order valence-electron chi connectivity index (χ4n) is 2.48. The molecule has 0 aromatic carbocycles. The average Bonchev–Trinajstić information content (AvgIpc) is 2.38. The van der Waals surface area contributed by atoms with Gasteiger partial charge in [0, 0.05) is 12.6 Å². The third-order valence-electron chi connectivity index (χ3n) is 3.72. The standard InChI is InChI=1S/C14H24N4O/c1-4-19-13-10-15-9-12(18-13)17-8-11-14(2,3)6-5-7-16-11/h9-11,16H,4-8H2,1-3H3,(H,17,18). The number of nitrogens with one attached hydrogen (secondary N) is 2. The number of anilines is 1. The Balaban J connectivity index is 1.92. The fourth-order valence-corrected chi connectivity index (χ4v) is 2.48. The van der Waals surface area contributed by atoms with E-state index in [2.05, 4.69) is 34.4 Å². The maximum atomic E-state index is 5.35. The molecular weight excluding hydrogens is 240 g/mol. The Bertz CT molecular complexity index is 408. The molecule has 2 heterocycles. The van der Waals surface area contributed by atoms with Crippen molar-refractivity contribution in [3.8, 4) is 5.88 Å². The summed E-state index contributed by atoms with van der Waals surface area (Å²) in [6.07, 6.45) is 5.88. The molecule has 5 heteroatoms. The number of piperidine rings is 1. The molecule has 1 aromatic heterocycles. The fraction of sp³-hybridized carbons (Fsp3) is 0.714. The summed E-state index contributed by atoms with van der Waals surface area (Å²) in [7, 11) is 0. The highest BCUT2D eigenvalue weighted by molar-refractivity contribution is 5.33. The van der Waals surface area contributed by atoms with E-state index in [0.29, 0.717) is 23.9 Å². The van der Waals surface area contributed by atoms with Crippen molar-refractivity contribution in [3.63, 3.8) is 0 Å². The molecule has 1 aliphatic heterocycles. The van der Waals surface area contributed by atoms with Gasteiger partial charge in [-0.3, -0.25) is 4.98 Å². The zero-order chi connectivity index (χ0) is 13.7. The smallest absolute Gasteiger partial charge is 0.234 e. The van der Waals surface area contributed by atoms with Gasteiger partial charge in [-0.2, -0.15) is 4.98 Å². The van der Waals surface area contributed by atoms with Crippen LogP contribution in [0.25, 0.3) is 0 Å². The Morgan fingerprint density at radius 3 is 3.05 bits per heavy atom. The molecule has 0 spiro atoms. The molecule has 0 amide bonds. The van der Waals surface area contributed by atoms with Crippen LogP contribution in [0.4, 0.5) is 5.82 Å². The second-order valence-corrected chi connectivity index (χ2v) is 5.66. The van der Waals surface area contributed by atoms with E-state index < -0.39 is 0 Å². The molecule has 0 saturated carbocycles. The SMILES string of the molecule is CCOc1cncc(NCC2NCCCC2(C)C)n1. The number of aromatic nitrogens is 2. The largest absolute Gasteiger partial charge is 0.477 e. The Hall–Kier alpha value is -1.36. The number of ether oxygens (including phenoxy) is 1. The van der Waals surface area contributed by atoms with E-state index in [9.17, 15) is 0 Å². The molecule has 0 bridgehead atoms. The molecular formula is C14H24N4O. The maximum Gasteiger partial charge on any atom is 0.234 e. The molecule has 2 rings (SSSR count). The lowest BCUT2D eigenvalue weighted by Gasteiger charge is -2.39. The average molecular weight is 264 g/mol. The normalized spacial score (nSPS) is 21.9. The van der Waals surface area contributed by atoms with Gasteiger partial charge in [-0.25, -0.2) is 0 Å². The second-order valence-electron chi connectivity index (χ2n) is 5.66. The van der Waals surface area contributed by atoms with Crippen LogP contribution in [0.15, 0.2) is 12.4 Å². The van der Waals surface area contributed by atoms with Gasteiger partial charge in [-0.05, 0) is 31.7 Å². The van der Waals surface area contributed by atoms with Gasteiger partial charge in [0.1, 0.15) is 5.82 Å². The molecule has 1 unspecified atom stereocenters. The first kappa shape index (κ1) is 14.1. The number of nitrogens with zero attached hydrogens (tertiary/aromatic N) is 2. The molecule has 1 atom stereocenters. The summed E-state index contributed by atoms with van der Waals surface area (Å²) in [5.74, 6) is 1.34. The number of hydrogen-bond acceptors (Lipinski definition) is 5. The van der Waals surface area contributed by atoms with E-state index in [1.807, 2.05) is 6.92 Å². The summed E-state index contributed by atoms with van der Waals surface area (Å²) in [5.41, 5.74) is 0.316. The zero-order valence-electron chi connectivity index (χ0n) is 12.1. The molecule has 1 saturated heterocycles. The first-order chi connectivity index (χ1) is 9.12. The molecule has 0 aliphatic carbocycles. The van der Waals surface area contributed by atoms with Crippen LogP contribution in [0.1, 0.15) is 33.6 Å². The van der Waals surface area contributed by atoms with E-state index in [1.165, 1.54) is 12.8 Å². The summed E-state index contributed by atoms with van der Waals surface area (Å²) in [6, 6.07) is 0.457. The predicted octanol–water partition coefficient (Wildman–Crippen LogP) is 2.07. The van der Waals surface area contributed by atoms with Gasteiger partial charge in [0.25, 0.3) is 0 Å². The maximum absolute atomic E-state index is 5.35. The van der Waals surface area contributed by atoms with E-state index in [-0.39, 0.29) is 0 Å². The second kappa shape index (κ2) is 6.19. The Morgan fingerprint density at radius 1 is 1.47 bits per heavy atom. The lowest BCUT2D eigenvalue weighted by Crippen LogP contribution is -2.50. The minimum Gasteiger partial charge on any atom is -0.477 e. The molecule has 1 aliphatic rings. The Labute approximate surface area is 115 Å². The summed E-state index contributed by atoms with van der Waals surface area (Å²) in [6.45, 7) is 9.13. The molecule has 106 valence electrons. The third kappa shape index (κ3) is 3.80. The van der Waals surface area contributed by atoms with Crippen LogP contribution in [0.3, 0.4) is 0 Å². The minimum absolute atomic E-state index is 0.316. The van der Waals surface area contributed by atoms with Crippen LogP contribution in [-0.4, -0.2) is 35.7 Å². The first-order valence-electron chi connectivity index (χ1n) is 7.04. The predicted molar refractivity (Wildman–Crippen MR) is 76.5 cm³/mol. The summed E-state index contributed by atoms with van der Waals surface area (Å²) in [4.78, 5) is 8.50. The highest BCUT2D eigenvalue weighted by Crippen LogP contribution is 2.30. The summed E-state index contributed by atoms with van der Waals surface area (Å²) >= 11 is 0. The van der Waals surface area contributed by atoms with Crippen molar-refractivity contribution in [3.05, 3.63) is 12.4 Å². The van der Waals surface area contributed by atoms with Crippen LogP contribution in [-0.2, 0) is 0 Å². The van der Waals surface area contributed by atoms with Crippen LogP contribution < -0.4 is 15.4 Å². The van der Waals surface area contributed by atoms with Crippen LogP contribution in [0.2, 0.25) is 0 Å².